The lowest BCUT2D eigenvalue weighted by Crippen LogP contribution is -2.28. The Morgan fingerprint density at radius 1 is 1.11 bits per heavy atom. The van der Waals surface area contributed by atoms with Crippen LogP contribution < -0.4 is 5.32 Å². The van der Waals surface area contributed by atoms with Gasteiger partial charge in [0.15, 0.2) is 0 Å². The van der Waals surface area contributed by atoms with Gasteiger partial charge in [-0.15, -0.1) is 11.8 Å². The van der Waals surface area contributed by atoms with Gasteiger partial charge in [0, 0.05) is 29.2 Å². The number of nitrogens with one attached hydrogen (secondary N) is 1. The minimum Gasteiger partial charge on any atom is -0.313 e. The molecule has 0 amide bonds. The van der Waals surface area contributed by atoms with E-state index in [4.69, 9.17) is 0 Å². The molecule has 5 unspecified atom stereocenters. The Morgan fingerprint density at radius 2 is 1.89 bits per heavy atom. The van der Waals surface area contributed by atoms with Crippen LogP contribution in [0.5, 0.6) is 0 Å². The number of thioether (sulfide) groups is 1. The van der Waals surface area contributed by atoms with E-state index in [1.807, 2.05) is 11.8 Å². The van der Waals surface area contributed by atoms with Gasteiger partial charge in [-0.05, 0) is 54.6 Å². The van der Waals surface area contributed by atoms with Crippen molar-refractivity contribution in [3.05, 3.63) is 29.8 Å². The van der Waals surface area contributed by atoms with Crippen LogP contribution in [-0.2, 0) is 0 Å². The summed E-state index contributed by atoms with van der Waals surface area (Å²) in [5, 5.41) is 3.93. The summed E-state index contributed by atoms with van der Waals surface area (Å²) in [5.41, 5.74) is 1.59. The molecule has 100 valence electrons. The van der Waals surface area contributed by atoms with Gasteiger partial charge in [-0.1, -0.05) is 18.2 Å². The van der Waals surface area contributed by atoms with Gasteiger partial charge >= 0.3 is 0 Å². The SMILES string of the molecule is c1ccc2c(c1)SCC2CNC1C2C3CCC(C3)C12. The van der Waals surface area contributed by atoms with E-state index < -0.39 is 0 Å². The average Bonchev–Trinajstić information content (AvgIpc) is 2.85. The topological polar surface area (TPSA) is 12.0 Å². The van der Waals surface area contributed by atoms with Crippen LogP contribution >= 0.6 is 11.8 Å². The molecular formula is C17H21NS. The summed E-state index contributed by atoms with van der Waals surface area (Å²) in [6.45, 7) is 1.21. The summed E-state index contributed by atoms with van der Waals surface area (Å²) in [4.78, 5) is 1.52. The molecule has 2 bridgehead atoms. The van der Waals surface area contributed by atoms with Crippen molar-refractivity contribution in [2.24, 2.45) is 23.7 Å². The summed E-state index contributed by atoms with van der Waals surface area (Å²) in [6.07, 6.45) is 4.63. The van der Waals surface area contributed by atoms with E-state index in [-0.39, 0.29) is 0 Å². The third kappa shape index (κ3) is 1.59. The van der Waals surface area contributed by atoms with Gasteiger partial charge in [-0.25, -0.2) is 0 Å². The first-order chi connectivity index (χ1) is 9.42. The summed E-state index contributed by atoms with van der Waals surface area (Å²) in [7, 11) is 0. The maximum Gasteiger partial charge on any atom is 0.0136 e. The van der Waals surface area contributed by atoms with E-state index in [0.29, 0.717) is 0 Å². The average molecular weight is 271 g/mol. The molecule has 0 radical (unpaired) electrons. The van der Waals surface area contributed by atoms with Crippen LogP contribution in [0.2, 0.25) is 0 Å². The standard InChI is InChI=1S/C17H21NS/c1-2-4-14-13(3-1)12(9-19-14)8-18-17-15-10-5-6-11(7-10)16(15)17/h1-4,10-12,15-18H,5-9H2. The van der Waals surface area contributed by atoms with Gasteiger partial charge in [0.25, 0.3) is 0 Å². The van der Waals surface area contributed by atoms with Crippen molar-refractivity contribution >= 4 is 11.8 Å². The highest BCUT2D eigenvalue weighted by Crippen LogP contribution is 2.65. The Morgan fingerprint density at radius 3 is 2.74 bits per heavy atom. The van der Waals surface area contributed by atoms with E-state index in [9.17, 15) is 0 Å². The highest BCUT2D eigenvalue weighted by atomic mass is 32.2. The maximum atomic E-state index is 3.93. The molecule has 4 aliphatic rings. The van der Waals surface area contributed by atoms with Crippen molar-refractivity contribution in [2.75, 3.05) is 12.3 Å². The molecular weight excluding hydrogens is 250 g/mol. The second kappa shape index (κ2) is 4.02. The van der Waals surface area contributed by atoms with Gasteiger partial charge in [0.05, 0.1) is 0 Å². The van der Waals surface area contributed by atoms with E-state index in [1.54, 1.807) is 12.0 Å². The Labute approximate surface area is 119 Å². The molecule has 19 heavy (non-hydrogen) atoms. The summed E-state index contributed by atoms with van der Waals surface area (Å²) >= 11 is 2.04. The van der Waals surface area contributed by atoms with Crippen molar-refractivity contribution in [3.8, 4) is 0 Å². The quantitative estimate of drug-likeness (QED) is 0.903. The van der Waals surface area contributed by atoms with Gasteiger partial charge in [-0.2, -0.15) is 0 Å². The zero-order valence-corrected chi connectivity index (χ0v) is 12.0. The molecule has 0 aromatic heterocycles. The van der Waals surface area contributed by atoms with Gasteiger partial charge in [0.2, 0.25) is 0 Å². The first-order valence-corrected chi connectivity index (χ1v) is 8.85. The minimum atomic E-state index is 0.750. The van der Waals surface area contributed by atoms with Crippen molar-refractivity contribution < 1.29 is 0 Å². The Bertz CT molecular complexity index is 498. The molecule has 5 atom stereocenters. The first kappa shape index (κ1) is 11.2. The molecule has 1 aromatic carbocycles. The third-order valence-electron chi connectivity index (χ3n) is 6.13. The van der Waals surface area contributed by atoms with Gasteiger partial charge in [0.1, 0.15) is 0 Å². The lowest BCUT2D eigenvalue weighted by atomic mass is 10.0. The zero-order chi connectivity index (χ0) is 12.4. The summed E-state index contributed by atoms with van der Waals surface area (Å²) in [5.74, 6) is 6.36. The van der Waals surface area contributed by atoms with Crippen molar-refractivity contribution in [1.82, 2.24) is 5.32 Å². The molecule has 1 heterocycles. The van der Waals surface area contributed by atoms with Crippen molar-refractivity contribution in [2.45, 2.75) is 36.1 Å². The molecule has 5 rings (SSSR count). The molecule has 3 saturated carbocycles. The molecule has 1 aliphatic heterocycles. The molecule has 1 N–H and O–H groups in total. The number of fused-ring (bicyclic) bond motifs is 6. The fourth-order valence-electron chi connectivity index (χ4n) is 5.27. The predicted octanol–water partition coefficient (Wildman–Crippen LogP) is 3.51. The van der Waals surface area contributed by atoms with Crippen LogP contribution in [0.25, 0.3) is 0 Å². The lowest BCUT2D eigenvalue weighted by molar-refractivity contribution is 0.455. The van der Waals surface area contributed by atoms with Crippen LogP contribution in [0, 0.1) is 23.7 Å². The van der Waals surface area contributed by atoms with E-state index in [1.165, 1.54) is 30.0 Å². The summed E-state index contributed by atoms with van der Waals surface area (Å²) in [6, 6.07) is 9.88. The van der Waals surface area contributed by atoms with E-state index in [0.717, 1.165) is 35.6 Å². The highest BCUT2D eigenvalue weighted by molar-refractivity contribution is 7.99. The van der Waals surface area contributed by atoms with Crippen molar-refractivity contribution in [1.29, 1.82) is 0 Å². The van der Waals surface area contributed by atoms with Crippen LogP contribution in [0.3, 0.4) is 0 Å². The molecule has 3 aliphatic carbocycles. The molecule has 3 fully saturated rings. The largest absolute Gasteiger partial charge is 0.313 e. The first-order valence-electron chi connectivity index (χ1n) is 7.87. The highest BCUT2D eigenvalue weighted by Gasteiger charge is 2.64. The smallest absolute Gasteiger partial charge is 0.0136 e. The zero-order valence-electron chi connectivity index (χ0n) is 11.2. The minimum absolute atomic E-state index is 0.750. The fourth-order valence-corrected chi connectivity index (χ4v) is 6.53. The second-order valence-electron chi connectivity index (χ2n) is 6.97. The van der Waals surface area contributed by atoms with Gasteiger partial charge < -0.3 is 5.32 Å². The Balaban J connectivity index is 1.25. The van der Waals surface area contributed by atoms with Crippen molar-refractivity contribution in [3.63, 3.8) is 0 Å². The third-order valence-corrected chi connectivity index (χ3v) is 7.39. The number of benzene rings is 1. The number of rotatable bonds is 3. The monoisotopic (exact) mass is 271 g/mol. The van der Waals surface area contributed by atoms with E-state index in [2.05, 4.69) is 29.6 Å². The predicted molar refractivity (Wildman–Crippen MR) is 79.5 cm³/mol. The second-order valence-corrected chi connectivity index (χ2v) is 8.03. The van der Waals surface area contributed by atoms with Crippen LogP contribution in [-0.4, -0.2) is 18.3 Å². The fraction of sp³-hybridized carbons (Fsp3) is 0.647. The van der Waals surface area contributed by atoms with Crippen LogP contribution in [0.15, 0.2) is 29.2 Å². The lowest BCUT2D eigenvalue weighted by Gasteiger charge is -2.15. The molecule has 1 aromatic rings. The molecule has 2 heteroatoms. The molecule has 0 saturated heterocycles. The number of hydrogen-bond donors (Lipinski definition) is 1. The van der Waals surface area contributed by atoms with Crippen LogP contribution in [0.1, 0.15) is 30.7 Å². The van der Waals surface area contributed by atoms with Gasteiger partial charge in [-0.3, -0.25) is 0 Å². The number of hydrogen-bond acceptors (Lipinski definition) is 2. The Kier molecular flexibility index (Phi) is 2.37. The molecule has 1 nitrogen and oxygen atoms in total. The summed E-state index contributed by atoms with van der Waals surface area (Å²) < 4.78 is 0. The Hall–Kier alpha value is -0.470. The normalized spacial score (nSPS) is 45.3. The maximum absolute atomic E-state index is 3.93. The van der Waals surface area contributed by atoms with Crippen LogP contribution in [0.4, 0.5) is 0 Å². The van der Waals surface area contributed by atoms with E-state index >= 15 is 0 Å². The molecule has 0 spiro atoms.